The zero-order valence-corrected chi connectivity index (χ0v) is 7.76. The molecular formula is C7H11ClN2O2. The van der Waals surface area contributed by atoms with Crippen molar-refractivity contribution in [2.24, 2.45) is 0 Å². The summed E-state index contributed by atoms with van der Waals surface area (Å²) < 4.78 is 1.61. The lowest BCUT2D eigenvalue weighted by Gasteiger charge is -1.97. The first-order valence-corrected chi connectivity index (χ1v) is 3.32. The normalized spacial score (nSPS) is 9.17. The van der Waals surface area contributed by atoms with Crippen molar-refractivity contribution in [2.45, 2.75) is 20.4 Å². The van der Waals surface area contributed by atoms with E-state index >= 15 is 0 Å². The van der Waals surface area contributed by atoms with Gasteiger partial charge in [0.25, 0.3) is 0 Å². The van der Waals surface area contributed by atoms with Crippen molar-refractivity contribution < 1.29 is 9.90 Å². The van der Waals surface area contributed by atoms with Gasteiger partial charge in [-0.15, -0.1) is 12.4 Å². The van der Waals surface area contributed by atoms with Crippen LogP contribution in [-0.4, -0.2) is 20.6 Å². The van der Waals surface area contributed by atoms with Crippen LogP contribution in [0.4, 0.5) is 0 Å². The molecule has 1 aromatic rings. The lowest BCUT2D eigenvalue weighted by molar-refractivity contribution is -0.137. The maximum absolute atomic E-state index is 10.3. The molecule has 1 rings (SSSR count). The molecule has 5 heteroatoms. The monoisotopic (exact) mass is 190 g/mol. The average molecular weight is 191 g/mol. The van der Waals surface area contributed by atoms with Gasteiger partial charge < -0.3 is 9.67 Å². The Morgan fingerprint density at radius 3 is 2.58 bits per heavy atom. The summed E-state index contributed by atoms with van der Waals surface area (Å²) in [7, 11) is 0. The number of rotatable bonds is 2. The number of carbonyl (C=O) groups is 1. The second kappa shape index (κ2) is 4.11. The lowest BCUT2D eigenvalue weighted by atomic mass is 10.5. The first-order valence-electron chi connectivity index (χ1n) is 3.32. The molecule has 68 valence electrons. The van der Waals surface area contributed by atoms with E-state index in [1.807, 2.05) is 6.92 Å². The molecule has 0 aliphatic carbocycles. The molecule has 0 saturated heterocycles. The highest BCUT2D eigenvalue weighted by molar-refractivity contribution is 5.85. The minimum atomic E-state index is -0.842. The minimum absolute atomic E-state index is 0. The minimum Gasteiger partial charge on any atom is -0.480 e. The van der Waals surface area contributed by atoms with Gasteiger partial charge in [0.2, 0.25) is 0 Å². The van der Waals surface area contributed by atoms with Crippen molar-refractivity contribution in [3.63, 3.8) is 0 Å². The number of aliphatic carboxylic acids is 1. The Labute approximate surface area is 76.6 Å². The van der Waals surface area contributed by atoms with E-state index in [-0.39, 0.29) is 19.0 Å². The van der Waals surface area contributed by atoms with Gasteiger partial charge in [-0.2, -0.15) is 0 Å². The number of aryl methyl sites for hydroxylation is 2. The van der Waals surface area contributed by atoms with E-state index in [2.05, 4.69) is 4.98 Å². The third kappa shape index (κ3) is 2.54. The summed E-state index contributed by atoms with van der Waals surface area (Å²) in [5.41, 5.74) is 0.851. The molecule has 1 N–H and O–H groups in total. The van der Waals surface area contributed by atoms with Crippen LogP contribution in [-0.2, 0) is 11.3 Å². The molecule has 0 aliphatic rings. The van der Waals surface area contributed by atoms with E-state index in [1.54, 1.807) is 17.7 Å². The first-order chi connectivity index (χ1) is 5.09. The summed E-state index contributed by atoms with van der Waals surface area (Å²) in [6.07, 6.45) is 1.73. The quantitative estimate of drug-likeness (QED) is 0.757. The second-order valence-corrected chi connectivity index (χ2v) is 2.45. The Morgan fingerprint density at radius 2 is 2.25 bits per heavy atom. The van der Waals surface area contributed by atoms with Gasteiger partial charge in [0.1, 0.15) is 12.4 Å². The fourth-order valence-corrected chi connectivity index (χ4v) is 0.973. The molecule has 0 aromatic carbocycles. The molecule has 0 fully saturated rings. The van der Waals surface area contributed by atoms with E-state index < -0.39 is 5.97 Å². The summed E-state index contributed by atoms with van der Waals surface area (Å²) in [4.78, 5) is 14.3. The van der Waals surface area contributed by atoms with Crippen molar-refractivity contribution in [3.05, 3.63) is 17.7 Å². The Balaban J connectivity index is 0.00000121. The molecule has 0 saturated carbocycles. The molecule has 0 bridgehead atoms. The van der Waals surface area contributed by atoms with Crippen molar-refractivity contribution in [1.29, 1.82) is 0 Å². The predicted octanol–water partition coefficient (Wildman–Crippen LogP) is 1.01. The molecule has 0 unspecified atom stereocenters. The van der Waals surface area contributed by atoms with Gasteiger partial charge in [-0.1, -0.05) is 0 Å². The van der Waals surface area contributed by atoms with Crippen LogP contribution in [0.2, 0.25) is 0 Å². The Morgan fingerprint density at radius 1 is 1.67 bits per heavy atom. The van der Waals surface area contributed by atoms with Crippen molar-refractivity contribution in [1.82, 2.24) is 9.55 Å². The van der Waals surface area contributed by atoms with Gasteiger partial charge >= 0.3 is 5.97 Å². The third-order valence-electron chi connectivity index (χ3n) is 1.40. The fraction of sp³-hybridized carbons (Fsp3) is 0.429. The number of aromatic nitrogens is 2. The number of nitrogens with zero attached hydrogens (tertiary/aromatic N) is 2. The zero-order chi connectivity index (χ0) is 8.43. The first kappa shape index (κ1) is 11.0. The molecule has 0 aliphatic heterocycles. The maximum Gasteiger partial charge on any atom is 0.323 e. The van der Waals surface area contributed by atoms with Gasteiger partial charge in [-0.25, -0.2) is 4.98 Å². The van der Waals surface area contributed by atoms with Gasteiger partial charge in [-0.3, -0.25) is 4.79 Å². The highest BCUT2D eigenvalue weighted by Gasteiger charge is 2.03. The molecule has 4 nitrogen and oxygen atoms in total. The van der Waals surface area contributed by atoms with E-state index in [4.69, 9.17) is 5.11 Å². The SMILES string of the molecule is Cc1cn(CC(=O)O)c(C)n1.Cl. The Bertz CT molecular complexity index is 283. The molecule has 0 spiro atoms. The van der Waals surface area contributed by atoms with Crippen LogP contribution in [0.15, 0.2) is 6.20 Å². The van der Waals surface area contributed by atoms with Crippen LogP contribution in [0.1, 0.15) is 11.5 Å². The number of carboxylic acid groups (broad SMARTS) is 1. The lowest BCUT2D eigenvalue weighted by Crippen LogP contribution is -2.08. The molecular weight excluding hydrogens is 180 g/mol. The predicted molar refractivity (Wildman–Crippen MR) is 46.6 cm³/mol. The van der Waals surface area contributed by atoms with Crippen LogP contribution < -0.4 is 0 Å². The highest BCUT2D eigenvalue weighted by Crippen LogP contribution is 1.99. The van der Waals surface area contributed by atoms with Crippen molar-refractivity contribution >= 4 is 18.4 Å². The van der Waals surface area contributed by atoms with Crippen LogP contribution in [0.5, 0.6) is 0 Å². The Hall–Kier alpha value is -1.03. The Kier molecular flexibility index (Phi) is 3.76. The van der Waals surface area contributed by atoms with Crippen LogP contribution in [0, 0.1) is 13.8 Å². The number of hydrogen-bond donors (Lipinski definition) is 1. The topological polar surface area (TPSA) is 55.1 Å². The maximum atomic E-state index is 10.3. The van der Waals surface area contributed by atoms with E-state index in [0.717, 1.165) is 11.5 Å². The molecule has 0 atom stereocenters. The standard InChI is InChI=1S/C7H10N2O2.ClH/c1-5-3-9(4-7(10)11)6(2)8-5;/h3H,4H2,1-2H3,(H,10,11);1H. The molecule has 1 aromatic heterocycles. The molecule has 1 heterocycles. The number of carboxylic acids is 1. The third-order valence-corrected chi connectivity index (χ3v) is 1.40. The molecule has 0 radical (unpaired) electrons. The fourth-order valence-electron chi connectivity index (χ4n) is 0.973. The number of halogens is 1. The van der Waals surface area contributed by atoms with Gasteiger partial charge in [0, 0.05) is 6.20 Å². The molecule has 12 heavy (non-hydrogen) atoms. The largest absolute Gasteiger partial charge is 0.480 e. The van der Waals surface area contributed by atoms with E-state index in [1.165, 1.54) is 0 Å². The van der Waals surface area contributed by atoms with Crippen LogP contribution in [0.25, 0.3) is 0 Å². The van der Waals surface area contributed by atoms with E-state index in [0.29, 0.717) is 0 Å². The summed E-state index contributed by atoms with van der Waals surface area (Å²) >= 11 is 0. The van der Waals surface area contributed by atoms with Gasteiger partial charge in [0.05, 0.1) is 5.69 Å². The summed E-state index contributed by atoms with van der Waals surface area (Å²) in [5, 5.41) is 8.45. The number of hydrogen-bond acceptors (Lipinski definition) is 2. The van der Waals surface area contributed by atoms with Crippen molar-refractivity contribution in [2.75, 3.05) is 0 Å². The second-order valence-electron chi connectivity index (χ2n) is 2.45. The van der Waals surface area contributed by atoms with E-state index in [9.17, 15) is 4.79 Å². The zero-order valence-electron chi connectivity index (χ0n) is 6.94. The summed E-state index contributed by atoms with van der Waals surface area (Å²) in [5.74, 6) is -0.101. The van der Waals surface area contributed by atoms with Crippen LogP contribution >= 0.6 is 12.4 Å². The summed E-state index contributed by atoms with van der Waals surface area (Å²) in [6.45, 7) is 3.62. The summed E-state index contributed by atoms with van der Waals surface area (Å²) in [6, 6.07) is 0. The average Bonchev–Trinajstić information content (AvgIpc) is 2.09. The molecule has 0 amide bonds. The van der Waals surface area contributed by atoms with Crippen LogP contribution in [0.3, 0.4) is 0 Å². The van der Waals surface area contributed by atoms with Gasteiger partial charge in [0.15, 0.2) is 0 Å². The smallest absolute Gasteiger partial charge is 0.323 e. The highest BCUT2D eigenvalue weighted by atomic mass is 35.5. The van der Waals surface area contributed by atoms with Gasteiger partial charge in [-0.05, 0) is 13.8 Å². The number of imidazole rings is 1. The van der Waals surface area contributed by atoms with Crippen molar-refractivity contribution in [3.8, 4) is 0 Å².